The van der Waals surface area contributed by atoms with Gasteiger partial charge < -0.3 is 14.8 Å². The largest absolute Gasteiger partial charge is 0.497 e. The van der Waals surface area contributed by atoms with Gasteiger partial charge in [-0.25, -0.2) is 0 Å². The fourth-order valence-electron chi connectivity index (χ4n) is 2.75. The van der Waals surface area contributed by atoms with Crippen LogP contribution in [0, 0.1) is 5.92 Å². The number of nitrogens with two attached hydrogens (primary N) is 1. The Kier molecular flexibility index (Phi) is 4.48. The van der Waals surface area contributed by atoms with Crippen LogP contribution in [-0.4, -0.2) is 20.3 Å². The molecule has 3 nitrogen and oxygen atoms in total. The summed E-state index contributed by atoms with van der Waals surface area (Å²) in [7, 11) is 3.39. The summed E-state index contributed by atoms with van der Waals surface area (Å²) in [4.78, 5) is 0. The predicted molar refractivity (Wildman–Crippen MR) is 72.0 cm³/mol. The monoisotopic (exact) mass is 250 g/mol. The molecule has 100 valence electrons. The molecule has 2 rings (SSSR count). The highest BCUT2D eigenvalue weighted by molar-refractivity contribution is 5.38. The van der Waals surface area contributed by atoms with Crippen molar-refractivity contribution < 1.29 is 14.8 Å². The maximum absolute atomic E-state index is 5.29. The molecule has 1 aromatic carbocycles. The van der Waals surface area contributed by atoms with E-state index in [4.69, 9.17) is 9.47 Å². The van der Waals surface area contributed by atoms with Crippen molar-refractivity contribution in [2.45, 2.75) is 38.8 Å². The van der Waals surface area contributed by atoms with E-state index < -0.39 is 0 Å². The molecule has 1 saturated carbocycles. The number of hydrogen-bond acceptors (Lipinski definition) is 2. The zero-order chi connectivity index (χ0) is 13.0. The van der Waals surface area contributed by atoms with Gasteiger partial charge >= 0.3 is 0 Å². The van der Waals surface area contributed by atoms with E-state index in [9.17, 15) is 0 Å². The lowest BCUT2D eigenvalue weighted by Crippen LogP contribution is -2.88. The molecule has 0 spiro atoms. The Morgan fingerprint density at radius 2 is 1.78 bits per heavy atom. The van der Waals surface area contributed by atoms with Crippen molar-refractivity contribution in [2.75, 3.05) is 14.2 Å². The number of benzene rings is 1. The Morgan fingerprint density at radius 1 is 1.11 bits per heavy atom. The van der Waals surface area contributed by atoms with Crippen LogP contribution in [0.25, 0.3) is 0 Å². The van der Waals surface area contributed by atoms with Crippen LogP contribution in [0.5, 0.6) is 11.5 Å². The Hall–Kier alpha value is -1.22. The van der Waals surface area contributed by atoms with Crippen LogP contribution in [0.2, 0.25) is 0 Å². The molecule has 3 heteroatoms. The van der Waals surface area contributed by atoms with Crippen LogP contribution in [0.3, 0.4) is 0 Å². The third kappa shape index (κ3) is 3.39. The smallest absolute Gasteiger partial charge is 0.123 e. The van der Waals surface area contributed by atoms with Crippen molar-refractivity contribution in [3.05, 3.63) is 23.8 Å². The van der Waals surface area contributed by atoms with Gasteiger partial charge in [0.1, 0.15) is 18.0 Å². The molecule has 1 aromatic rings. The van der Waals surface area contributed by atoms with E-state index in [-0.39, 0.29) is 0 Å². The second-order valence-electron chi connectivity index (χ2n) is 5.34. The molecule has 0 amide bonds. The first-order valence-corrected chi connectivity index (χ1v) is 6.76. The van der Waals surface area contributed by atoms with Crippen molar-refractivity contribution in [2.24, 2.45) is 5.92 Å². The summed E-state index contributed by atoms with van der Waals surface area (Å²) in [5, 5.41) is 2.46. The summed E-state index contributed by atoms with van der Waals surface area (Å²) in [5.41, 5.74) is 1.27. The van der Waals surface area contributed by atoms with Crippen LogP contribution in [-0.2, 0) is 6.54 Å². The number of hydrogen-bond donors (Lipinski definition) is 1. The van der Waals surface area contributed by atoms with Gasteiger partial charge in [-0.2, -0.15) is 0 Å². The molecule has 0 radical (unpaired) electrons. The summed E-state index contributed by atoms with van der Waals surface area (Å²) >= 11 is 0. The molecule has 0 heterocycles. The van der Waals surface area contributed by atoms with Crippen molar-refractivity contribution in [1.82, 2.24) is 0 Å². The molecule has 0 saturated heterocycles. The van der Waals surface area contributed by atoms with Gasteiger partial charge in [-0.15, -0.1) is 0 Å². The molecule has 0 aliphatic heterocycles. The second-order valence-corrected chi connectivity index (χ2v) is 5.34. The Labute approximate surface area is 109 Å². The molecule has 2 atom stereocenters. The maximum atomic E-state index is 5.29. The van der Waals surface area contributed by atoms with Crippen LogP contribution >= 0.6 is 0 Å². The molecule has 18 heavy (non-hydrogen) atoms. The lowest BCUT2D eigenvalue weighted by Gasteiger charge is -2.11. The van der Waals surface area contributed by atoms with Gasteiger partial charge in [-0.05, 0) is 30.9 Å². The van der Waals surface area contributed by atoms with Gasteiger partial charge in [0, 0.05) is 18.1 Å². The van der Waals surface area contributed by atoms with Crippen LogP contribution in [0.15, 0.2) is 18.2 Å². The molecule has 1 aliphatic rings. The summed E-state index contributed by atoms with van der Waals surface area (Å²) < 4.78 is 10.6. The maximum Gasteiger partial charge on any atom is 0.123 e. The Morgan fingerprint density at radius 3 is 2.28 bits per heavy atom. The van der Waals surface area contributed by atoms with Crippen LogP contribution in [0.1, 0.15) is 31.7 Å². The zero-order valence-electron chi connectivity index (χ0n) is 11.6. The van der Waals surface area contributed by atoms with Crippen molar-refractivity contribution in [3.8, 4) is 11.5 Å². The molecular weight excluding hydrogens is 226 g/mol. The van der Waals surface area contributed by atoms with Gasteiger partial charge in [0.15, 0.2) is 0 Å². The highest BCUT2D eigenvalue weighted by Crippen LogP contribution is 2.23. The molecule has 0 unspecified atom stereocenters. The molecule has 0 bridgehead atoms. The van der Waals surface area contributed by atoms with E-state index in [0.717, 1.165) is 30.0 Å². The number of ether oxygens (including phenoxy) is 2. The quantitative estimate of drug-likeness (QED) is 0.867. The van der Waals surface area contributed by atoms with E-state index in [1.54, 1.807) is 14.2 Å². The predicted octanol–water partition coefficient (Wildman–Crippen LogP) is 1.96. The average Bonchev–Trinajstić information content (AvgIpc) is 2.81. The molecule has 2 N–H and O–H groups in total. The summed E-state index contributed by atoms with van der Waals surface area (Å²) in [6, 6.07) is 6.90. The zero-order valence-corrected chi connectivity index (χ0v) is 11.6. The highest BCUT2D eigenvalue weighted by Gasteiger charge is 2.23. The first-order chi connectivity index (χ1) is 8.71. The van der Waals surface area contributed by atoms with Crippen LogP contribution < -0.4 is 14.8 Å². The molecular formula is C15H24NO2+. The van der Waals surface area contributed by atoms with E-state index in [1.807, 2.05) is 6.07 Å². The Balaban J connectivity index is 1.95. The topological polar surface area (TPSA) is 35.1 Å². The van der Waals surface area contributed by atoms with Crippen molar-refractivity contribution >= 4 is 0 Å². The normalized spacial score (nSPS) is 23.1. The average molecular weight is 250 g/mol. The first-order valence-electron chi connectivity index (χ1n) is 6.76. The standard InChI is InChI=1S/C15H23NO2/c1-11-4-5-13(6-11)16-10-12-7-14(17-2)9-15(8-12)18-3/h7-9,11,13,16H,4-6,10H2,1-3H3/p+1/t11-,13-/m1/s1. The molecule has 1 fully saturated rings. The van der Waals surface area contributed by atoms with Gasteiger partial charge in [0.25, 0.3) is 0 Å². The minimum absolute atomic E-state index is 0.789. The highest BCUT2D eigenvalue weighted by atomic mass is 16.5. The lowest BCUT2D eigenvalue weighted by atomic mass is 10.1. The minimum Gasteiger partial charge on any atom is -0.497 e. The van der Waals surface area contributed by atoms with Crippen molar-refractivity contribution in [3.63, 3.8) is 0 Å². The van der Waals surface area contributed by atoms with E-state index >= 15 is 0 Å². The number of rotatable bonds is 5. The number of methoxy groups -OCH3 is 2. The van der Waals surface area contributed by atoms with E-state index in [2.05, 4.69) is 24.4 Å². The fourth-order valence-corrected chi connectivity index (χ4v) is 2.75. The van der Waals surface area contributed by atoms with E-state index in [0.29, 0.717) is 0 Å². The van der Waals surface area contributed by atoms with Gasteiger partial charge in [-0.1, -0.05) is 6.92 Å². The summed E-state index contributed by atoms with van der Waals surface area (Å²) in [5.74, 6) is 2.64. The van der Waals surface area contributed by atoms with Crippen molar-refractivity contribution in [1.29, 1.82) is 0 Å². The first kappa shape index (κ1) is 13.2. The molecule has 0 aromatic heterocycles. The summed E-state index contributed by atoms with van der Waals surface area (Å²) in [6.45, 7) is 3.35. The third-order valence-electron chi connectivity index (χ3n) is 3.83. The minimum atomic E-state index is 0.789. The molecule has 1 aliphatic carbocycles. The summed E-state index contributed by atoms with van der Waals surface area (Å²) in [6.07, 6.45) is 4.08. The lowest BCUT2D eigenvalue weighted by molar-refractivity contribution is -0.703. The Bertz CT molecular complexity index is 370. The van der Waals surface area contributed by atoms with Gasteiger partial charge in [0.05, 0.1) is 20.3 Å². The second kappa shape index (κ2) is 6.10. The van der Waals surface area contributed by atoms with Crippen LogP contribution in [0.4, 0.5) is 0 Å². The van der Waals surface area contributed by atoms with Gasteiger partial charge in [0.2, 0.25) is 0 Å². The SMILES string of the molecule is COc1cc(C[NH2+][C@@H]2CC[C@@H](C)C2)cc(OC)c1. The van der Waals surface area contributed by atoms with E-state index in [1.165, 1.54) is 24.8 Å². The fraction of sp³-hybridized carbons (Fsp3) is 0.600. The third-order valence-corrected chi connectivity index (χ3v) is 3.83. The number of quaternary nitrogens is 1. The van der Waals surface area contributed by atoms with Gasteiger partial charge in [-0.3, -0.25) is 0 Å².